The molecule has 1 atom stereocenters. The minimum Gasteiger partial charge on any atom is -0.489 e. The highest BCUT2D eigenvalue weighted by molar-refractivity contribution is 6.31. The Bertz CT molecular complexity index is 1630. The Morgan fingerprint density at radius 1 is 1.03 bits per heavy atom. The van der Waals surface area contributed by atoms with Gasteiger partial charge in [-0.25, -0.2) is 4.98 Å². The molecule has 6 heteroatoms. The largest absolute Gasteiger partial charge is 0.489 e. The maximum absolute atomic E-state index is 12.8. The minimum absolute atomic E-state index is 0.0499. The molecule has 6 bridgehead atoms. The summed E-state index contributed by atoms with van der Waals surface area (Å²) in [6.07, 6.45) is 3.90. The lowest BCUT2D eigenvalue weighted by atomic mass is 9.93. The molecule has 0 N–H and O–H groups in total. The fraction of sp³-hybridized carbons (Fsp3) is 0.143. The van der Waals surface area contributed by atoms with Crippen LogP contribution in [0, 0.1) is 6.92 Å². The monoisotopic (exact) mass is 467 g/mol. The second-order valence-corrected chi connectivity index (χ2v) is 9.17. The molecule has 0 saturated heterocycles. The molecule has 34 heavy (non-hydrogen) atoms. The van der Waals surface area contributed by atoms with Crippen LogP contribution in [0.3, 0.4) is 0 Å². The molecule has 0 amide bonds. The van der Waals surface area contributed by atoms with Crippen LogP contribution in [0.25, 0.3) is 22.0 Å². The van der Waals surface area contributed by atoms with Gasteiger partial charge in [0.05, 0.1) is 23.6 Å². The molecule has 5 aromatic rings. The second kappa shape index (κ2) is 7.89. The van der Waals surface area contributed by atoms with Gasteiger partial charge >= 0.3 is 0 Å². The van der Waals surface area contributed by atoms with Crippen LogP contribution in [-0.2, 0) is 13.7 Å². The van der Waals surface area contributed by atoms with E-state index in [-0.39, 0.29) is 11.6 Å². The van der Waals surface area contributed by atoms with E-state index in [0.717, 1.165) is 50.2 Å². The van der Waals surface area contributed by atoms with Gasteiger partial charge in [-0.05, 0) is 65.6 Å². The Hall–Kier alpha value is -3.83. The molecule has 3 aromatic carbocycles. The summed E-state index contributed by atoms with van der Waals surface area (Å²) in [6, 6.07) is 21.9. The number of hydrogen-bond donors (Lipinski definition) is 0. The van der Waals surface area contributed by atoms with Crippen LogP contribution >= 0.6 is 11.6 Å². The summed E-state index contributed by atoms with van der Waals surface area (Å²) < 4.78 is 9.96. The van der Waals surface area contributed by atoms with E-state index in [9.17, 15) is 4.79 Å². The quantitative estimate of drug-likeness (QED) is 0.308. The maximum Gasteiger partial charge on any atom is 0.251 e. The van der Waals surface area contributed by atoms with Crippen molar-refractivity contribution in [2.24, 2.45) is 7.05 Å². The van der Waals surface area contributed by atoms with Crippen LogP contribution in [0.4, 0.5) is 0 Å². The van der Waals surface area contributed by atoms with Crippen molar-refractivity contribution in [3.8, 4) is 16.9 Å². The standard InChI is InChI=1S/C28H22ClN3O2/c1-17-14-32(16-30-17)28-19-6-8-25(29)21(10-19)15-34-22-5-3-4-18(11-22)23-13-27(33)31(2)26-9-7-20(28)12-24(23)26/h3-14,16,28H,15H2,1-2H3. The third-order valence-electron chi connectivity index (χ3n) is 6.54. The lowest BCUT2D eigenvalue weighted by Crippen LogP contribution is -2.17. The summed E-state index contributed by atoms with van der Waals surface area (Å²) in [4.78, 5) is 17.3. The van der Waals surface area contributed by atoms with Gasteiger partial charge in [0.2, 0.25) is 0 Å². The van der Waals surface area contributed by atoms with E-state index in [0.29, 0.717) is 11.6 Å². The Morgan fingerprint density at radius 2 is 1.85 bits per heavy atom. The van der Waals surface area contributed by atoms with Crippen molar-refractivity contribution >= 4 is 22.5 Å². The highest BCUT2D eigenvalue weighted by Crippen LogP contribution is 2.36. The third kappa shape index (κ3) is 3.40. The predicted octanol–water partition coefficient (Wildman–Crippen LogP) is 5.89. The molecule has 1 aliphatic heterocycles. The van der Waals surface area contributed by atoms with Crippen molar-refractivity contribution in [2.45, 2.75) is 19.6 Å². The van der Waals surface area contributed by atoms with Crippen LogP contribution in [0.1, 0.15) is 28.4 Å². The van der Waals surface area contributed by atoms with Crippen LogP contribution in [0.15, 0.2) is 84.0 Å². The molecule has 0 spiro atoms. The zero-order chi connectivity index (χ0) is 23.4. The van der Waals surface area contributed by atoms with Crippen molar-refractivity contribution in [1.82, 2.24) is 14.1 Å². The van der Waals surface area contributed by atoms with Crippen molar-refractivity contribution in [3.63, 3.8) is 0 Å². The normalized spacial score (nSPS) is 14.9. The van der Waals surface area contributed by atoms with Gasteiger partial charge in [-0.15, -0.1) is 0 Å². The Labute approximate surface area is 201 Å². The first-order valence-electron chi connectivity index (χ1n) is 11.1. The van der Waals surface area contributed by atoms with Gasteiger partial charge in [0.25, 0.3) is 5.56 Å². The maximum atomic E-state index is 12.8. The smallest absolute Gasteiger partial charge is 0.251 e. The topological polar surface area (TPSA) is 49.0 Å². The Morgan fingerprint density at radius 3 is 2.68 bits per heavy atom. The number of imidazole rings is 1. The zero-order valence-electron chi connectivity index (χ0n) is 18.8. The third-order valence-corrected chi connectivity index (χ3v) is 6.91. The van der Waals surface area contributed by atoms with Crippen molar-refractivity contribution in [3.05, 3.63) is 117 Å². The molecule has 0 fully saturated rings. The van der Waals surface area contributed by atoms with Gasteiger partial charge in [0, 0.05) is 35.3 Å². The second-order valence-electron chi connectivity index (χ2n) is 8.76. The van der Waals surface area contributed by atoms with Crippen LogP contribution in [-0.4, -0.2) is 14.1 Å². The van der Waals surface area contributed by atoms with E-state index >= 15 is 0 Å². The molecule has 0 aliphatic carbocycles. The number of fused-ring (bicyclic) bond motifs is 6. The van der Waals surface area contributed by atoms with Gasteiger partial charge in [-0.1, -0.05) is 35.9 Å². The zero-order valence-corrected chi connectivity index (χ0v) is 19.6. The number of ether oxygens (including phenoxy) is 1. The lowest BCUT2D eigenvalue weighted by molar-refractivity contribution is 0.306. The van der Waals surface area contributed by atoms with E-state index in [1.807, 2.05) is 62.9 Å². The van der Waals surface area contributed by atoms with E-state index < -0.39 is 0 Å². The van der Waals surface area contributed by atoms with Crippen LogP contribution in [0.5, 0.6) is 5.75 Å². The van der Waals surface area contributed by atoms with Gasteiger partial charge in [0.1, 0.15) is 12.4 Å². The molecule has 1 aliphatic rings. The highest BCUT2D eigenvalue weighted by atomic mass is 35.5. The number of halogens is 1. The number of hydrogen-bond acceptors (Lipinski definition) is 3. The summed E-state index contributed by atoms with van der Waals surface area (Å²) >= 11 is 6.56. The molecular formula is C28H22ClN3O2. The fourth-order valence-electron chi connectivity index (χ4n) is 4.80. The lowest BCUT2D eigenvalue weighted by Gasteiger charge is -2.22. The van der Waals surface area contributed by atoms with E-state index in [4.69, 9.17) is 16.3 Å². The van der Waals surface area contributed by atoms with Gasteiger partial charge < -0.3 is 13.9 Å². The number of rotatable bonds is 1. The summed E-state index contributed by atoms with van der Waals surface area (Å²) in [5.74, 6) is 0.727. The Kier molecular flexibility index (Phi) is 4.82. The van der Waals surface area contributed by atoms with Crippen LogP contribution in [0.2, 0.25) is 5.02 Å². The van der Waals surface area contributed by atoms with Gasteiger partial charge in [0.15, 0.2) is 0 Å². The molecule has 0 radical (unpaired) electrons. The average molecular weight is 468 g/mol. The molecule has 0 saturated carbocycles. The van der Waals surface area contributed by atoms with E-state index in [1.54, 1.807) is 10.6 Å². The molecule has 168 valence electrons. The van der Waals surface area contributed by atoms with E-state index in [1.165, 1.54) is 0 Å². The van der Waals surface area contributed by atoms with Gasteiger partial charge in [-0.2, -0.15) is 0 Å². The van der Waals surface area contributed by atoms with Crippen molar-refractivity contribution < 1.29 is 4.74 Å². The van der Waals surface area contributed by atoms with Crippen LogP contribution < -0.4 is 10.3 Å². The summed E-state index contributed by atoms with van der Waals surface area (Å²) in [5.41, 5.74) is 6.68. The predicted molar refractivity (Wildman–Crippen MR) is 135 cm³/mol. The minimum atomic E-state index is -0.115. The first kappa shape index (κ1) is 20.8. The van der Waals surface area contributed by atoms with Crippen molar-refractivity contribution in [2.75, 3.05) is 0 Å². The molecule has 1 unspecified atom stereocenters. The SMILES string of the molecule is Cc1cn(C2c3ccc(Cl)c(c3)COc3cccc(c3)-c3cc(=O)n(C)c4ccc2cc34)cn1. The molecule has 2 aromatic heterocycles. The number of aromatic nitrogens is 3. The number of nitrogens with zero attached hydrogens (tertiary/aromatic N) is 3. The molecular weight excluding hydrogens is 446 g/mol. The summed E-state index contributed by atoms with van der Waals surface area (Å²) in [7, 11) is 1.81. The number of pyridine rings is 1. The first-order valence-corrected chi connectivity index (χ1v) is 11.5. The first-order chi connectivity index (χ1) is 16.5. The Balaban J connectivity index is 1.71. The number of benzene rings is 3. The average Bonchev–Trinajstić information content (AvgIpc) is 3.27. The summed E-state index contributed by atoms with van der Waals surface area (Å²) in [5, 5.41) is 1.67. The van der Waals surface area contributed by atoms with E-state index in [2.05, 4.69) is 33.8 Å². The van der Waals surface area contributed by atoms with Gasteiger partial charge in [-0.3, -0.25) is 4.79 Å². The van der Waals surface area contributed by atoms with Crippen molar-refractivity contribution in [1.29, 1.82) is 0 Å². The highest BCUT2D eigenvalue weighted by Gasteiger charge is 2.21. The summed E-state index contributed by atoms with van der Waals surface area (Å²) in [6.45, 7) is 2.33. The molecule has 6 rings (SSSR count). The fourth-order valence-corrected chi connectivity index (χ4v) is 4.97. The molecule has 3 heterocycles. The molecule has 5 nitrogen and oxygen atoms in total. The number of aryl methyl sites for hydroxylation is 2.